The van der Waals surface area contributed by atoms with Crippen molar-refractivity contribution < 1.29 is 4.42 Å². The molecule has 2 atom stereocenters. The first-order chi connectivity index (χ1) is 25.2. The summed E-state index contributed by atoms with van der Waals surface area (Å²) in [5.41, 5.74) is 7.55. The number of nitrogens with zero attached hydrogens (tertiary/aromatic N) is 1. The molecule has 0 spiro atoms. The van der Waals surface area contributed by atoms with Gasteiger partial charge in [-0.05, 0) is 53.6 Å². The van der Waals surface area contributed by atoms with Crippen molar-refractivity contribution in [3.05, 3.63) is 168 Å². The molecule has 2 N–H and O–H groups in total. The van der Waals surface area contributed by atoms with Crippen molar-refractivity contribution >= 4 is 90.8 Å². The molecule has 0 bridgehead atoms. The van der Waals surface area contributed by atoms with Crippen LogP contribution in [0.2, 0.25) is 0 Å². The average Bonchev–Trinajstić information content (AvgIpc) is 3.89. The summed E-state index contributed by atoms with van der Waals surface area (Å²) < 4.78 is 11.6. The lowest BCUT2D eigenvalue weighted by molar-refractivity contribution is 0.409. The molecule has 1 aliphatic heterocycles. The number of hydrogen-bond acceptors (Lipinski definition) is 6. The fourth-order valence-corrected chi connectivity index (χ4v) is 10.0. The van der Waals surface area contributed by atoms with Gasteiger partial charge in [-0.15, -0.1) is 22.7 Å². The molecule has 3 aromatic heterocycles. The van der Waals surface area contributed by atoms with Crippen LogP contribution >= 0.6 is 22.7 Å². The van der Waals surface area contributed by atoms with E-state index in [0.29, 0.717) is 0 Å². The predicted octanol–water partition coefficient (Wildman–Crippen LogP) is 12.3. The van der Waals surface area contributed by atoms with Crippen LogP contribution in [0.3, 0.4) is 0 Å². The summed E-state index contributed by atoms with van der Waals surface area (Å²) in [6.07, 6.45) is -0.329. The van der Waals surface area contributed by atoms with Gasteiger partial charge in [0.05, 0.1) is 0 Å². The van der Waals surface area contributed by atoms with Crippen molar-refractivity contribution in [2.24, 2.45) is 4.99 Å². The molecule has 2 unspecified atom stereocenters. The molecule has 51 heavy (non-hydrogen) atoms. The quantitative estimate of drug-likeness (QED) is 0.193. The lowest BCUT2D eigenvalue weighted by Crippen LogP contribution is -2.44. The van der Waals surface area contributed by atoms with Gasteiger partial charge in [-0.1, -0.05) is 109 Å². The summed E-state index contributed by atoms with van der Waals surface area (Å²) >= 11 is 3.68. The van der Waals surface area contributed by atoms with Gasteiger partial charge in [-0.3, -0.25) is 5.32 Å². The molecule has 1 aliphatic rings. The molecule has 4 nitrogen and oxygen atoms in total. The smallest absolute Gasteiger partial charge is 0.143 e. The monoisotopic (exact) mass is 691 g/mol. The van der Waals surface area contributed by atoms with Crippen LogP contribution in [-0.4, -0.2) is 5.84 Å². The van der Waals surface area contributed by atoms with E-state index < -0.39 is 0 Å². The van der Waals surface area contributed by atoms with Gasteiger partial charge in [0.15, 0.2) is 0 Å². The first-order valence-corrected chi connectivity index (χ1v) is 18.8. The Kier molecular flexibility index (Phi) is 6.46. The van der Waals surface area contributed by atoms with Crippen LogP contribution in [0.25, 0.3) is 73.4 Å². The van der Waals surface area contributed by atoms with Gasteiger partial charge in [-0.2, -0.15) is 0 Å². The molecule has 0 radical (unpaired) electrons. The normalized spacial score (nSPS) is 16.4. The molecule has 4 heterocycles. The van der Waals surface area contributed by atoms with Crippen LogP contribution in [0.4, 0.5) is 0 Å². The Hall–Kier alpha value is -5.79. The third-order valence-electron chi connectivity index (χ3n) is 10.2. The molecule has 0 fully saturated rings. The zero-order valence-electron chi connectivity index (χ0n) is 27.3. The Morgan fingerprint density at radius 3 is 2.14 bits per heavy atom. The minimum Gasteiger partial charge on any atom is -0.455 e. The number of rotatable bonds is 4. The van der Waals surface area contributed by atoms with E-state index in [1.807, 2.05) is 34.8 Å². The Morgan fingerprint density at radius 2 is 1.22 bits per heavy atom. The first kappa shape index (κ1) is 29.0. The van der Waals surface area contributed by atoms with Crippen molar-refractivity contribution in [2.75, 3.05) is 0 Å². The van der Waals surface area contributed by atoms with Crippen LogP contribution in [-0.2, 0) is 0 Å². The fraction of sp³-hybridized carbons (Fsp3) is 0.0444. The summed E-state index contributed by atoms with van der Waals surface area (Å²) in [7, 11) is 0. The van der Waals surface area contributed by atoms with Gasteiger partial charge in [0.1, 0.15) is 29.3 Å². The van der Waals surface area contributed by atoms with Crippen molar-refractivity contribution in [1.29, 1.82) is 0 Å². The highest BCUT2D eigenvalue weighted by molar-refractivity contribution is 7.26. The molecule has 0 saturated carbocycles. The molecule has 0 amide bonds. The van der Waals surface area contributed by atoms with Gasteiger partial charge in [0, 0.05) is 67.8 Å². The van der Waals surface area contributed by atoms with Gasteiger partial charge in [0.25, 0.3) is 0 Å². The van der Waals surface area contributed by atoms with Crippen molar-refractivity contribution in [1.82, 2.24) is 10.6 Å². The molecule has 0 aliphatic carbocycles. The Balaban J connectivity index is 1.05. The van der Waals surface area contributed by atoms with Gasteiger partial charge >= 0.3 is 0 Å². The van der Waals surface area contributed by atoms with E-state index in [0.717, 1.165) is 44.5 Å². The lowest BCUT2D eigenvalue weighted by Gasteiger charge is -2.32. The highest BCUT2D eigenvalue weighted by atomic mass is 32.1. The number of thiophene rings is 2. The molecule has 242 valence electrons. The molecule has 10 aromatic rings. The maximum absolute atomic E-state index is 6.47. The molecular formula is C45H29N3OS2. The fourth-order valence-electron chi connectivity index (χ4n) is 7.72. The molecule has 7 aromatic carbocycles. The van der Waals surface area contributed by atoms with Gasteiger partial charge in [0.2, 0.25) is 0 Å². The minimum atomic E-state index is -0.222. The maximum atomic E-state index is 6.47. The number of benzene rings is 7. The second kappa shape index (κ2) is 11.4. The highest BCUT2D eigenvalue weighted by Crippen LogP contribution is 2.44. The van der Waals surface area contributed by atoms with E-state index in [2.05, 4.69) is 150 Å². The zero-order valence-corrected chi connectivity index (χ0v) is 28.9. The summed E-state index contributed by atoms with van der Waals surface area (Å²) in [6, 6.07) is 54.2. The van der Waals surface area contributed by atoms with Crippen molar-refractivity contribution in [3.8, 4) is 11.1 Å². The maximum Gasteiger partial charge on any atom is 0.143 e. The average molecular weight is 692 g/mol. The largest absolute Gasteiger partial charge is 0.455 e. The third kappa shape index (κ3) is 4.65. The van der Waals surface area contributed by atoms with Gasteiger partial charge in [-0.25, -0.2) is 4.99 Å². The van der Waals surface area contributed by atoms with Crippen LogP contribution in [0.1, 0.15) is 29.0 Å². The SMILES string of the molecule is c1ccc(C2NC(c3ccc4sc5c(-c6cccc7c6oc6ccccc67)cccc5c4c3)=NC(c3ccc4sc5ccccc5c4c3)N2)cc1. The molecule has 11 rings (SSSR count). The molecule has 0 saturated heterocycles. The second-order valence-electron chi connectivity index (χ2n) is 13.2. The number of fused-ring (bicyclic) bond motifs is 9. The van der Waals surface area contributed by atoms with Crippen LogP contribution in [0.15, 0.2) is 161 Å². The number of nitrogens with one attached hydrogen (secondary N) is 2. The first-order valence-electron chi connectivity index (χ1n) is 17.2. The van der Waals surface area contributed by atoms with Crippen molar-refractivity contribution in [3.63, 3.8) is 0 Å². The van der Waals surface area contributed by atoms with Crippen molar-refractivity contribution in [2.45, 2.75) is 12.3 Å². The van der Waals surface area contributed by atoms with Crippen LogP contribution < -0.4 is 10.6 Å². The Labute approximate surface area is 301 Å². The van der Waals surface area contributed by atoms with E-state index in [4.69, 9.17) is 9.41 Å². The number of hydrogen-bond donors (Lipinski definition) is 2. The van der Waals surface area contributed by atoms with E-state index >= 15 is 0 Å². The second-order valence-corrected chi connectivity index (χ2v) is 15.3. The van der Waals surface area contributed by atoms with E-state index in [1.165, 1.54) is 51.5 Å². The van der Waals surface area contributed by atoms with Crippen LogP contribution in [0.5, 0.6) is 0 Å². The molecular weight excluding hydrogens is 663 g/mol. The van der Waals surface area contributed by atoms with E-state index in [1.54, 1.807) is 0 Å². The number of para-hydroxylation sites is 2. The minimum absolute atomic E-state index is 0.107. The lowest BCUT2D eigenvalue weighted by atomic mass is 9.99. The molecule has 6 heteroatoms. The van der Waals surface area contributed by atoms with Gasteiger partial charge < -0.3 is 9.73 Å². The third-order valence-corrected chi connectivity index (χ3v) is 12.5. The number of amidine groups is 1. The number of aliphatic imine (C=N–C) groups is 1. The van der Waals surface area contributed by atoms with Crippen LogP contribution in [0, 0.1) is 0 Å². The highest BCUT2D eigenvalue weighted by Gasteiger charge is 2.26. The predicted molar refractivity (Wildman–Crippen MR) is 216 cm³/mol. The Bertz CT molecular complexity index is 3010. The summed E-state index contributed by atoms with van der Waals surface area (Å²) in [6.45, 7) is 0. The van der Waals surface area contributed by atoms with E-state index in [9.17, 15) is 0 Å². The summed E-state index contributed by atoms with van der Waals surface area (Å²) in [4.78, 5) is 5.35. The zero-order chi connectivity index (χ0) is 33.5. The summed E-state index contributed by atoms with van der Waals surface area (Å²) in [5.74, 6) is 0.882. The topological polar surface area (TPSA) is 49.6 Å². The van der Waals surface area contributed by atoms with E-state index in [-0.39, 0.29) is 12.3 Å². The summed E-state index contributed by atoms with van der Waals surface area (Å²) in [5, 5.41) is 14.9. The Morgan fingerprint density at radius 1 is 0.510 bits per heavy atom. The number of furan rings is 1. The standard InChI is InChI=1S/C45H29N3OS2/c1-2-10-26(11-3-1)43-46-44(27-20-22-39-35(24-27)30-13-5-7-19-38(30)50-39)48-45(47-43)28-21-23-40-36(25-28)34-17-9-16-33(42(34)51-40)32-15-8-14-31-29-12-4-6-18-37(29)49-41(31)32/h1-25,43-44,46H,(H,47,48).